The van der Waals surface area contributed by atoms with Gasteiger partial charge in [0.05, 0.1) is 18.2 Å². The van der Waals surface area contributed by atoms with Gasteiger partial charge in [-0.25, -0.2) is 4.98 Å². The highest BCUT2D eigenvalue weighted by atomic mass is 35.5. The Morgan fingerprint density at radius 1 is 1.53 bits per heavy atom. The van der Waals surface area contributed by atoms with E-state index in [0.717, 1.165) is 17.3 Å². The van der Waals surface area contributed by atoms with Crippen LogP contribution in [0, 0.1) is 5.92 Å². The molecule has 6 heteroatoms. The monoisotopic (exact) mass is 300 g/mol. The Hall–Kier alpha value is -0.810. The molecule has 0 saturated carbocycles. The van der Waals surface area contributed by atoms with Crippen molar-refractivity contribution in [2.24, 2.45) is 5.92 Å². The molecule has 19 heavy (non-hydrogen) atoms. The maximum atomic E-state index is 9.21. The highest BCUT2D eigenvalue weighted by Crippen LogP contribution is 2.37. The molecule has 1 fully saturated rings. The molecule has 0 aromatic carbocycles. The van der Waals surface area contributed by atoms with E-state index in [2.05, 4.69) is 11.9 Å². The molecule has 4 nitrogen and oxygen atoms in total. The standard InChI is InChI=1S/C13H14Cl2N2O2/c1-7-4-8(6-18)19-13(7)17-3-2-9-10(17)5-11(14)16-12(9)15/h2-3,5,7-8,13,18H,4,6H2,1H3. The molecular formula is C13H14Cl2N2O2. The number of aliphatic hydroxyl groups is 1. The second-order valence-electron chi connectivity index (χ2n) is 4.94. The molecule has 1 aliphatic heterocycles. The Balaban J connectivity index is 2.06. The van der Waals surface area contributed by atoms with E-state index in [4.69, 9.17) is 27.9 Å². The third-order valence-electron chi connectivity index (χ3n) is 3.57. The zero-order valence-corrected chi connectivity index (χ0v) is 11.9. The Bertz CT molecular complexity index is 614. The van der Waals surface area contributed by atoms with E-state index < -0.39 is 0 Å². The van der Waals surface area contributed by atoms with Crippen molar-refractivity contribution in [3.05, 3.63) is 28.6 Å². The normalized spacial score (nSPS) is 27.3. The van der Waals surface area contributed by atoms with E-state index in [0.29, 0.717) is 16.2 Å². The Morgan fingerprint density at radius 2 is 2.32 bits per heavy atom. The summed E-state index contributed by atoms with van der Waals surface area (Å²) in [6.07, 6.45) is 2.55. The summed E-state index contributed by atoms with van der Waals surface area (Å²) in [7, 11) is 0. The minimum Gasteiger partial charge on any atom is -0.394 e. The quantitative estimate of drug-likeness (QED) is 0.866. The largest absolute Gasteiger partial charge is 0.394 e. The minimum atomic E-state index is -0.107. The van der Waals surface area contributed by atoms with E-state index >= 15 is 0 Å². The molecule has 1 saturated heterocycles. The zero-order chi connectivity index (χ0) is 13.6. The molecule has 0 radical (unpaired) electrons. The van der Waals surface area contributed by atoms with E-state index in [9.17, 15) is 5.11 Å². The SMILES string of the molecule is CC1CC(CO)OC1n1ccc2c(Cl)nc(Cl)cc21. The number of fused-ring (bicyclic) bond motifs is 1. The molecule has 3 unspecified atom stereocenters. The summed E-state index contributed by atoms with van der Waals surface area (Å²) in [5.41, 5.74) is 0.903. The lowest BCUT2D eigenvalue weighted by atomic mass is 10.1. The number of ether oxygens (including phenoxy) is 1. The summed E-state index contributed by atoms with van der Waals surface area (Å²) in [6, 6.07) is 3.69. The summed E-state index contributed by atoms with van der Waals surface area (Å²) in [5.74, 6) is 0.318. The lowest BCUT2D eigenvalue weighted by Gasteiger charge is -2.18. The lowest BCUT2D eigenvalue weighted by molar-refractivity contribution is -0.0289. The molecule has 3 rings (SSSR count). The van der Waals surface area contributed by atoms with Crippen LogP contribution in [-0.4, -0.2) is 27.4 Å². The van der Waals surface area contributed by atoms with Gasteiger partial charge in [-0.2, -0.15) is 0 Å². The van der Waals surface area contributed by atoms with Crippen molar-refractivity contribution in [3.63, 3.8) is 0 Å². The first-order chi connectivity index (χ1) is 9.10. The second kappa shape index (κ2) is 4.94. The summed E-state index contributed by atoms with van der Waals surface area (Å²) in [4.78, 5) is 4.03. The molecule has 1 aliphatic rings. The van der Waals surface area contributed by atoms with Gasteiger partial charge in [0.1, 0.15) is 16.5 Å². The van der Waals surface area contributed by atoms with Crippen molar-refractivity contribution < 1.29 is 9.84 Å². The second-order valence-corrected chi connectivity index (χ2v) is 5.68. The number of pyridine rings is 1. The van der Waals surface area contributed by atoms with Crippen molar-refractivity contribution >= 4 is 34.1 Å². The molecule has 1 N–H and O–H groups in total. The molecule has 2 aromatic heterocycles. The van der Waals surface area contributed by atoms with Crippen LogP contribution in [0.2, 0.25) is 10.3 Å². The van der Waals surface area contributed by atoms with Crippen LogP contribution in [0.5, 0.6) is 0 Å². The first kappa shape index (κ1) is 13.2. The number of hydrogen-bond acceptors (Lipinski definition) is 3. The number of halogens is 2. The van der Waals surface area contributed by atoms with Gasteiger partial charge in [0, 0.05) is 17.5 Å². The maximum absolute atomic E-state index is 9.21. The minimum absolute atomic E-state index is 0.0448. The van der Waals surface area contributed by atoms with Gasteiger partial charge in [-0.3, -0.25) is 0 Å². The van der Waals surface area contributed by atoms with Gasteiger partial charge in [0.25, 0.3) is 0 Å². The fraction of sp³-hybridized carbons (Fsp3) is 0.462. The number of aliphatic hydroxyl groups excluding tert-OH is 1. The van der Waals surface area contributed by atoms with Gasteiger partial charge in [0.2, 0.25) is 0 Å². The van der Waals surface area contributed by atoms with Gasteiger partial charge < -0.3 is 14.4 Å². The maximum Gasteiger partial charge on any atom is 0.140 e. The molecule has 3 heterocycles. The van der Waals surface area contributed by atoms with Crippen LogP contribution in [0.4, 0.5) is 0 Å². The number of hydrogen-bond donors (Lipinski definition) is 1. The van der Waals surface area contributed by atoms with Gasteiger partial charge >= 0.3 is 0 Å². The van der Waals surface area contributed by atoms with Gasteiger partial charge in [-0.15, -0.1) is 0 Å². The summed E-state index contributed by atoms with van der Waals surface area (Å²) >= 11 is 12.0. The van der Waals surface area contributed by atoms with Crippen molar-refractivity contribution in [1.82, 2.24) is 9.55 Å². The summed E-state index contributed by atoms with van der Waals surface area (Å²) < 4.78 is 7.87. The Labute approximate surface area is 120 Å². The van der Waals surface area contributed by atoms with Crippen LogP contribution in [0.1, 0.15) is 19.6 Å². The van der Waals surface area contributed by atoms with E-state index in [1.165, 1.54) is 0 Å². The number of aromatic nitrogens is 2. The Kier molecular flexibility index (Phi) is 3.43. The fourth-order valence-corrected chi connectivity index (χ4v) is 3.16. The van der Waals surface area contributed by atoms with E-state index in [1.54, 1.807) is 6.07 Å². The molecular weight excluding hydrogens is 287 g/mol. The first-order valence-electron chi connectivity index (χ1n) is 6.19. The summed E-state index contributed by atoms with van der Waals surface area (Å²) in [5, 5.41) is 10.8. The fourth-order valence-electron chi connectivity index (χ4n) is 2.68. The summed E-state index contributed by atoms with van der Waals surface area (Å²) in [6.45, 7) is 2.15. The molecule has 2 aromatic rings. The third kappa shape index (κ3) is 2.23. The van der Waals surface area contributed by atoms with Crippen LogP contribution in [-0.2, 0) is 4.74 Å². The van der Waals surface area contributed by atoms with Crippen LogP contribution in [0.3, 0.4) is 0 Å². The first-order valence-corrected chi connectivity index (χ1v) is 6.94. The molecule has 102 valence electrons. The predicted octanol–water partition coefficient (Wildman–Crippen LogP) is 3.26. The van der Waals surface area contributed by atoms with Gasteiger partial charge in [-0.1, -0.05) is 30.1 Å². The highest BCUT2D eigenvalue weighted by Gasteiger charge is 2.33. The number of rotatable bonds is 2. The number of nitrogens with zero attached hydrogens (tertiary/aromatic N) is 2. The van der Waals surface area contributed by atoms with Crippen molar-refractivity contribution in [2.75, 3.05) is 6.61 Å². The zero-order valence-electron chi connectivity index (χ0n) is 10.4. The average Bonchev–Trinajstić information content (AvgIpc) is 2.92. The van der Waals surface area contributed by atoms with Crippen molar-refractivity contribution in [3.8, 4) is 0 Å². The molecule has 0 amide bonds. The Morgan fingerprint density at radius 3 is 3.00 bits per heavy atom. The van der Waals surface area contributed by atoms with E-state index in [-0.39, 0.29) is 18.9 Å². The molecule has 3 atom stereocenters. The smallest absolute Gasteiger partial charge is 0.140 e. The van der Waals surface area contributed by atoms with Crippen molar-refractivity contribution in [1.29, 1.82) is 0 Å². The molecule has 0 bridgehead atoms. The highest BCUT2D eigenvalue weighted by molar-refractivity contribution is 6.36. The van der Waals surface area contributed by atoms with Crippen LogP contribution in [0.15, 0.2) is 18.3 Å². The average molecular weight is 301 g/mol. The van der Waals surface area contributed by atoms with Crippen LogP contribution >= 0.6 is 23.2 Å². The lowest BCUT2D eigenvalue weighted by Crippen LogP contribution is -2.14. The van der Waals surface area contributed by atoms with Gasteiger partial charge in [-0.05, 0) is 18.6 Å². The molecule has 0 aliphatic carbocycles. The van der Waals surface area contributed by atoms with Gasteiger partial charge in [0.15, 0.2) is 0 Å². The van der Waals surface area contributed by atoms with Crippen LogP contribution in [0.25, 0.3) is 10.9 Å². The third-order valence-corrected chi connectivity index (χ3v) is 4.05. The predicted molar refractivity (Wildman–Crippen MR) is 74.5 cm³/mol. The van der Waals surface area contributed by atoms with E-state index in [1.807, 2.05) is 16.8 Å². The van der Waals surface area contributed by atoms with Crippen molar-refractivity contribution in [2.45, 2.75) is 25.7 Å². The van der Waals surface area contributed by atoms with Crippen LogP contribution < -0.4 is 0 Å². The topological polar surface area (TPSA) is 47.3 Å². The molecule has 0 spiro atoms.